The summed E-state index contributed by atoms with van der Waals surface area (Å²) in [6.07, 6.45) is 21.8. The molecule has 0 aromatic rings. The number of unbranched alkanes of at least 4 members (excludes halogenated alkanes) is 15. The second-order valence-corrected chi connectivity index (χ2v) is 7.30. The van der Waals surface area contributed by atoms with E-state index in [1.165, 1.54) is 96.3 Å². The Labute approximate surface area is 199 Å². The van der Waals surface area contributed by atoms with Crippen molar-refractivity contribution in [2.45, 2.75) is 123 Å². The topological polar surface area (TPSA) is 52.2 Å². The molecule has 0 saturated heterocycles. The van der Waals surface area contributed by atoms with Crippen LogP contribution in [0.1, 0.15) is 117 Å². The predicted octanol–water partition coefficient (Wildman–Crippen LogP) is 1.98. The molecule has 0 rings (SSSR count). The van der Waals surface area contributed by atoms with Crippen LogP contribution < -0.4 is 61.8 Å². The maximum atomic E-state index is 10.5. The Kier molecular flexibility index (Phi) is 26.1. The Balaban J connectivity index is 0. The molecule has 0 spiro atoms. The molecule has 0 bridgehead atoms. The molecule has 4 heteroatoms. The van der Waals surface area contributed by atoms with E-state index in [2.05, 4.69) is 12.2 Å². The van der Waals surface area contributed by atoms with Crippen LogP contribution in [0.4, 0.5) is 0 Å². The van der Waals surface area contributed by atoms with E-state index in [-0.39, 0.29) is 51.4 Å². The normalized spacial score (nSPS) is 11.9. The number of carboxylic acids is 1. The number of aliphatic carboxylic acids is 1. The Morgan fingerprint density at radius 3 is 1.36 bits per heavy atom. The van der Waals surface area contributed by atoms with Crippen molar-refractivity contribution in [3.05, 3.63) is 0 Å². The van der Waals surface area contributed by atoms with E-state index in [4.69, 9.17) is 0 Å². The third kappa shape index (κ3) is 23.0. The van der Waals surface area contributed by atoms with Crippen LogP contribution in [0.15, 0.2) is 0 Å². The summed E-state index contributed by atoms with van der Waals surface area (Å²) in [4.78, 5) is 10.5. The number of carbonyl (C=O) groups is 1. The molecule has 0 fully saturated rings. The minimum atomic E-state index is -1.01. The van der Waals surface area contributed by atoms with E-state index in [9.17, 15) is 9.90 Å². The minimum Gasteiger partial charge on any atom is -0.548 e. The van der Waals surface area contributed by atoms with Crippen molar-refractivity contribution in [3.63, 3.8) is 0 Å². The Morgan fingerprint density at radius 1 is 0.720 bits per heavy atom. The van der Waals surface area contributed by atoms with Crippen LogP contribution in [0, 0.1) is 0 Å². The average molecular weight is 380 g/mol. The van der Waals surface area contributed by atoms with Gasteiger partial charge in [-0.3, -0.25) is 0 Å². The van der Waals surface area contributed by atoms with Crippen LogP contribution in [0.2, 0.25) is 0 Å². The Morgan fingerprint density at radius 2 is 1.04 bits per heavy atom. The van der Waals surface area contributed by atoms with Crippen molar-refractivity contribution >= 4 is 5.97 Å². The first-order valence-electron chi connectivity index (χ1n) is 10.6. The van der Waals surface area contributed by atoms with E-state index in [0.29, 0.717) is 0 Å². The number of hydrogen-bond acceptors (Lipinski definition) is 3. The third-order valence-corrected chi connectivity index (χ3v) is 4.83. The molecule has 0 radical (unpaired) electrons. The van der Waals surface area contributed by atoms with Crippen LogP contribution in [0.5, 0.6) is 0 Å². The van der Waals surface area contributed by atoms with Crippen LogP contribution in [0.3, 0.4) is 0 Å². The van der Waals surface area contributed by atoms with E-state index in [1.54, 1.807) is 6.92 Å². The second kappa shape index (κ2) is 23.1. The first-order valence-corrected chi connectivity index (χ1v) is 10.6. The number of nitrogens with one attached hydrogen (secondary N) is 1. The summed E-state index contributed by atoms with van der Waals surface area (Å²) in [6.45, 7) is 4.70. The maximum absolute atomic E-state index is 10.5. The van der Waals surface area contributed by atoms with Crippen molar-refractivity contribution in [1.29, 1.82) is 0 Å². The summed E-state index contributed by atoms with van der Waals surface area (Å²) < 4.78 is 0. The fourth-order valence-corrected chi connectivity index (χ4v) is 3.07. The molecule has 1 unspecified atom stereocenters. The van der Waals surface area contributed by atoms with Crippen LogP contribution in [0.25, 0.3) is 0 Å². The van der Waals surface area contributed by atoms with E-state index < -0.39 is 12.0 Å². The van der Waals surface area contributed by atoms with Gasteiger partial charge in [-0.2, -0.15) is 0 Å². The molecule has 0 amide bonds. The SMILES string of the molecule is CCCCCCCCCCCCCCCCCCNC(C)C(=O)[O-].[K+]. The quantitative estimate of drug-likeness (QED) is 0.276. The second-order valence-electron chi connectivity index (χ2n) is 7.30. The van der Waals surface area contributed by atoms with E-state index in [1.807, 2.05) is 0 Å². The average Bonchev–Trinajstić information content (AvgIpc) is 2.57. The molecule has 25 heavy (non-hydrogen) atoms. The van der Waals surface area contributed by atoms with Gasteiger partial charge in [0.15, 0.2) is 0 Å². The zero-order valence-electron chi connectivity index (χ0n) is 17.4. The summed E-state index contributed by atoms with van der Waals surface area (Å²) in [5.74, 6) is -1.01. The predicted molar refractivity (Wildman–Crippen MR) is 102 cm³/mol. The van der Waals surface area contributed by atoms with Gasteiger partial charge in [0, 0.05) is 6.04 Å². The monoisotopic (exact) mass is 379 g/mol. The molecule has 1 atom stereocenters. The number of carbonyl (C=O) groups excluding carboxylic acids is 1. The molecule has 0 saturated carbocycles. The number of rotatable bonds is 19. The summed E-state index contributed by atoms with van der Waals surface area (Å²) in [6, 6.07) is -0.527. The zero-order valence-corrected chi connectivity index (χ0v) is 20.5. The summed E-state index contributed by atoms with van der Waals surface area (Å²) in [7, 11) is 0. The number of hydrogen-bond donors (Lipinski definition) is 1. The van der Waals surface area contributed by atoms with Crippen molar-refractivity contribution in [2.75, 3.05) is 6.54 Å². The van der Waals surface area contributed by atoms with Crippen LogP contribution in [-0.2, 0) is 4.79 Å². The molecule has 1 N–H and O–H groups in total. The maximum Gasteiger partial charge on any atom is 1.00 e. The van der Waals surface area contributed by atoms with Gasteiger partial charge in [0.05, 0.1) is 5.97 Å². The van der Waals surface area contributed by atoms with Crippen molar-refractivity contribution in [3.8, 4) is 0 Å². The van der Waals surface area contributed by atoms with Crippen LogP contribution >= 0.6 is 0 Å². The first-order chi connectivity index (χ1) is 11.7. The van der Waals surface area contributed by atoms with Gasteiger partial charge < -0.3 is 15.2 Å². The molecule has 3 nitrogen and oxygen atoms in total. The van der Waals surface area contributed by atoms with E-state index in [0.717, 1.165) is 13.0 Å². The largest absolute Gasteiger partial charge is 1.00 e. The molecule has 0 aromatic carbocycles. The molecule has 0 aliphatic heterocycles. The van der Waals surface area contributed by atoms with Gasteiger partial charge in [-0.1, -0.05) is 103 Å². The van der Waals surface area contributed by atoms with Crippen molar-refractivity contribution < 1.29 is 61.3 Å². The van der Waals surface area contributed by atoms with Gasteiger partial charge in [-0.25, -0.2) is 0 Å². The fraction of sp³-hybridized carbons (Fsp3) is 0.952. The summed E-state index contributed by atoms with van der Waals surface area (Å²) in [5, 5.41) is 13.5. The van der Waals surface area contributed by atoms with E-state index >= 15 is 0 Å². The standard InChI is InChI=1S/C21H43NO2.K/c1-3-4-5-6-7-8-9-10-11-12-13-14-15-16-17-18-19-22-20(2)21(23)24;/h20,22H,3-19H2,1-2H3,(H,23,24);/q;+1/p-1. The Bertz CT molecular complexity index is 275. The fourth-order valence-electron chi connectivity index (χ4n) is 3.07. The van der Waals surface area contributed by atoms with Gasteiger partial charge in [-0.05, 0) is 19.9 Å². The van der Waals surface area contributed by atoms with Crippen molar-refractivity contribution in [2.24, 2.45) is 0 Å². The molecule has 0 aromatic heterocycles. The summed E-state index contributed by atoms with van der Waals surface area (Å²) in [5.41, 5.74) is 0. The molecule has 0 heterocycles. The van der Waals surface area contributed by atoms with Crippen LogP contribution in [-0.4, -0.2) is 18.6 Å². The van der Waals surface area contributed by atoms with Gasteiger partial charge in [-0.15, -0.1) is 0 Å². The number of carboxylic acid groups (broad SMARTS) is 1. The Hall–Kier alpha value is 1.07. The summed E-state index contributed by atoms with van der Waals surface area (Å²) >= 11 is 0. The molecular formula is C21H42KNO2. The molecule has 0 aliphatic rings. The molecule has 144 valence electrons. The smallest absolute Gasteiger partial charge is 0.548 e. The first kappa shape index (κ1) is 28.3. The third-order valence-electron chi connectivity index (χ3n) is 4.83. The van der Waals surface area contributed by atoms with Gasteiger partial charge in [0.1, 0.15) is 0 Å². The molecular weight excluding hydrogens is 337 g/mol. The minimum absolute atomic E-state index is 0. The van der Waals surface area contributed by atoms with Gasteiger partial charge >= 0.3 is 51.4 Å². The van der Waals surface area contributed by atoms with Gasteiger partial charge in [0.2, 0.25) is 0 Å². The molecule has 0 aliphatic carbocycles. The zero-order chi connectivity index (χ0) is 17.9. The van der Waals surface area contributed by atoms with Crippen molar-refractivity contribution in [1.82, 2.24) is 5.32 Å². The van der Waals surface area contributed by atoms with Gasteiger partial charge in [0.25, 0.3) is 0 Å².